The number of primary sulfonamides is 1. The summed E-state index contributed by atoms with van der Waals surface area (Å²) in [5.74, 6) is -1.49. The zero-order valence-electron chi connectivity index (χ0n) is 12.0. The molecule has 9 heteroatoms. The van der Waals surface area contributed by atoms with Gasteiger partial charge in [0.2, 0.25) is 15.9 Å². The highest BCUT2D eigenvalue weighted by Crippen LogP contribution is 2.17. The summed E-state index contributed by atoms with van der Waals surface area (Å²) in [6.07, 6.45) is 0. The molecule has 2 amide bonds. The first kappa shape index (κ1) is 16.4. The lowest BCUT2D eigenvalue weighted by Gasteiger charge is -2.34. The van der Waals surface area contributed by atoms with E-state index in [0.29, 0.717) is 26.2 Å². The van der Waals surface area contributed by atoms with E-state index in [1.165, 1.54) is 17.9 Å². The minimum atomic E-state index is -4.24. The van der Waals surface area contributed by atoms with Crippen molar-refractivity contribution in [3.63, 3.8) is 0 Å². The van der Waals surface area contributed by atoms with Gasteiger partial charge in [0.25, 0.3) is 5.91 Å². The first-order valence-corrected chi connectivity index (χ1v) is 8.12. The van der Waals surface area contributed by atoms with E-state index in [2.05, 4.69) is 0 Å². The summed E-state index contributed by atoms with van der Waals surface area (Å²) in [5, 5.41) is 4.92. The van der Waals surface area contributed by atoms with Crippen molar-refractivity contribution in [1.29, 1.82) is 0 Å². The van der Waals surface area contributed by atoms with Crippen molar-refractivity contribution >= 4 is 21.8 Å². The molecule has 2 N–H and O–H groups in total. The molecule has 1 aliphatic rings. The summed E-state index contributed by atoms with van der Waals surface area (Å²) in [6.45, 7) is 2.94. The van der Waals surface area contributed by atoms with Crippen LogP contribution >= 0.6 is 0 Å². The third-order valence-electron chi connectivity index (χ3n) is 3.50. The second kappa shape index (κ2) is 6.01. The van der Waals surface area contributed by atoms with Crippen LogP contribution in [-0.4, -0.2) is 56.2 Å². The lowest BCUT2D eigenvalue weighted by molar-refractivity contribution is -0.130. The fraction of sp³-hybridized carbons (Fsp3) is 0.385. The van der Waals surface area contributed by atoms with Gasteiger partial charge in [0.05, 0.1) is 0 Å². The second-order valence-electron chi connectivity index (χ2n) is 4.99. The van der Waals surface area contributed by atoms with Crippen molar-refractivity contribution in [1.82, 2.24) is 9.80 Å². The lowest BCUT2D eigenvalue weighted by atomic mass is 10.1. The number of hydrogen-bond donors (Lipinski definition) is 1. The van der Waals surface area contributed by atoms with Crippen LogP contribution in [0.25, 0.3) is 0 Å². The number of nitrogens with zero attached hydrogens (tertiary/aromatic N) is 2. The number of sulfonamides is 1. The molecule has 0 radical (unpaired) electrons. The van der Waals surface area contributed by atoms with Gasteiger partial charge in [-0.1, -0.05) is 0 Å². The normalized spacial score (nSPS) is 15.8. The molecule has 2 rings (SSSR count). The SMILES string of the molecule is CC(=O)N1CCN(C(=O)c2ccc(F)c(S(N)(=O)=O)c2)CC1. The first-order chi connectivity index (χ1) is 10.2. The highest BCUT2D eigenvalue weighted by molar-refractivity contribution is 7.89. The average Bonchev–Trinajstić information content (AvgIpc) is 2.46. The molecular weight excluding hydrogens is 313 g/mol. The minimum Gasteiger partial charge on any atom is -0.339 e. The maximum Gasteiger partial charge on any atom is 0.254 e. The van der Waals surface area contributed by atoms with Gasteiger partial charge in [-0.2, -0.15) is 0 Å². The van der Waals surface area contributed by atoms with Gasteiger partial charge in [-0.15, -0.1) is 0 Å². The van der Waals surface area contributed by atoms with Crippen LogP contribution in [0.15, 0.2) is 23.1 Å². The molecule has 1 fully saturated rings. The molecule has 0 aromatic heterocycles. The van der Waals surface area contributed by atoms with Crippen molar-refractivity contribution in [2.45, 2.75) is 11.8 Å². The topological polar surface area (TPSA) is 101 Å². The number of halogens is 1. The Labute approximate surface area is 127 Å². The molecule has 0 spiro atoms. The van der Waals surface area contributed by atoms with Gasteiger partial charge in [-0.05, 0) is 18.2 Å². The number of nitrogens with two attached hydrogens (primary N) is 1. The molecule has 22 heavy (non-hydrogen) atoms. The second-order valence-corrected chi connectivity index (χ2v) is 6.52. The molecular formula is C13H16FN3O4S. The Morgan fingerprint density at radius 3 is 2.18 bits per heavy atom. The van der Waals surface area contributed by atoms with Crippen molar-refractivity contribution in [3.8, 4) is 0 Å². The van der Waals surface area contributed by atoms with E-state index in [9.17, 15) is 22.4 Å². The highest BCUT2D eigenvalue weighted by Gasteiger charge is 2.25. The Bertz CT molecular complexity index is 712. The van der Waals surface area contributed by atoms with E-state index >= 15 is 0 Å². The zero-order valence-corrected chi connectivity index (χ0v) is 12.8. The van der Waals surface area contributed by atoms with Crippen LogP contribution in [0.1, 0.15) is 17.3 Å². The zero-order chi connectivity index (χ0) is 16.5. The predicted octanol–water partition coefficient (Wildman–Crippen LogP) is -0.223. The maximum absolute atomic E-state index is 13.5. The van der Waals surface area contributed by atoms with E-state index in [-0.39, 0.29) is 11.5 Å². The van der Waals surface area contributed by atoms with Crippen LogP contribution in [0.3, 0.4) is 0 Å². The van der Waals surface area contributed by atoms with Crippen LogP contribution in [-0.2, 0) is 14.8 Å². The van der Waals surface area contributed by atoms with E-state index < -0.39 is 26.6 Å². The largest absolute Gasteiger partial charge is 0.339 e. The van der Waals surface area contributed by atoms with Crippen LogP contribution in [0.2, 0.25) is 0 Å². The van der Waals surface area contributed by atoms with E-state index in [4.69, 9.17) is 5.14 Å². The van der Waals surface area contributed by atoms with Gasteiger partial charge >= 0.3 is 0 Å². The number of carbonyl (C=O) groups is 2. The molecule has 1 saturated heterocycles. The van der Waals surface area contributed by atoms with Gasteiger partial charge in [0, 0.05) is 38.7 Å². The maximum atomic E-state index is 13.5. The van der Waals surface area contributed by atoms with E-state index in [1.807, 2.05) is 0 Å². The van der Waals surface area contributed by atoms with Crippen molar-refractivity contribution < 1.29 is 22.4 Å². The van der Waals surface area contributed by atoms with Crippen molar-refractivity contribution in [2.24, 2.45) is 5.14 Å². The van der Waals surface area contributed by atoms with Crippen molar-refractivity contribution in [2.75, 3.05) is 26.2 Å². The third kappa shape index (κ3) is 3.42. The van der Waals surface area contributed by atoms with Gasteiger partial charge < -0.3 is 9.80 Å². The Morgan fingerprint density at radius 2 is 1.68 bits per heavy atom. The summed E-state index contributed by atoms with van der Waals surface area (Å²) in [7, 11) is -4.24. The van der Waals surface area contributed by atoms with Gasteiger partial charge in [0.15, 0.2) is 0 Å². The summed E-state index contributed by atoms with van der Waals surface area (Å²) < 4.78 is 36.1. The van der Waals surface area contributed by atoms with E-state index in [0.717, 1.165) is 12.1 Å². The monoisotopic (exact) mass is 329 g/mol. The summed E-state index contributed by atoms with van der Waals surface area (Å²) in [5.41, 5.74) is 0.0432. The molecule has 1 aliphatic heterocycles. The van der Waals surface area contributed by atoms with Gasteiger partial charge in [-0.3, -0.25) is 9.59 Å². The number of benzene rings is 1. The molecule has 1 aromatic carbocycles. The number of rotatable bonds is 2. The molecule has 7 nitrogen and oxygen atoms in total. The molecule has 0 atom stereocenters. The Balaban J connectivity index is 2.19. The molecule has 0 aliphatic carbocycles. The summed E-state index contributed by atoms with van der Waals surface area (Å²) >= 11 is 0. The predicted molar refractivity (Wildman–Crippen MR) is 75.9 cm³/mol. The fourth-order valence-corrected chi connectivity index (χ4v) is 2.89. The van der Waals surface area contributed by atoms with Crippen LogP contribution in [0.4, 0.5) is 4.39 Å². The Morgan fingerprint density at radius 1 is 1.14 bits per heavy atom. The highest BCUT2D eigenvalue weighted by atomic mass is 32.2. The lowest BCUT2D eigenvalue weighted by Crippen LogP contribution is -2.50. The minimum absolute atomic E-state index is 0.0432. The number of carbonyl (C=O) groups excluding carboxylic acids is 2. The molecule has 120 valence electrons. The summed E-state index contributed by atoms with van der Waals surface area (Å²) in [6, 6.07) is 3.05. The third-order valence-corrected chi connectivity index (χ3v) is 4.42. The average molecular weight is 329 g/mol. The molecule has 1 aromatic rings. The fourth-order valence-electron chi connectivity index (χ4n) is 2.26. The smallest absolute Gasteiger partial charge is 0.254 e. The van der Waals surface area contributed by atoms with Gasteiger partial charge in [-0.25, -0.2) is 17.9 Å². The number of amides is 2. The summed E-state index contributed by atoms with van der Waals surface area (Å²) in [4.78, 5) is 26.0. The first-order valence-electron chi connectivity index (χ1n) is 6.57. The molecule has 0 saturated carbocycles. The van der Waals surface area contributed by atoms with Crippen LogP contribution in [0.5, 0.6) is 0 Å². The molecule has 0 bridgehead atoms. The van der Waals surface area contributed by atoms with Crippen LogP contribution < -0.4 is 5.14 Å². The number of piperazine rings is 1. The standard InChI is InChI=1S/C13H16FN3O4S/c1-9(18)16-4-6-17(7-5-16)13(19)10-2-3-11(14)12(8-10)22(15,20)21/h2-3,8H,4-7H2,1H3,(H2,15,20,21). The van der Waals surface area contributed by atoms with Crippen molar-refractivity contribution in [3.05, 3.63) is 29.6 Å². The van der Waals surface area contributed by atoms with Gasteiger partial charge in [0.1, 0.15) is 10.7 Å². The Kier molecular flexibility index (Phi) is 4.47. The molecule has 1 heterocycles. The Hall–Kier alpha value is -2.00. The van der Waals surface area contributed by atoms with E-state index in [1.54, 1.807) is 4.90 Å². The van der Waals surface area contributed by atoms with Crippen LogP contribution in [0, 0.1) is 5.82 Å². The molecule has 0 unspecified atom stereocenters. The quantitative estimate of drug-likeness (QED) is 0.810. The number of hydrogen-bond acceptors (Lipinski definition) is 4.